The summed E-state index contributed by atoms with van der Waals surface area (Å²) in [5.41, 5.74) is 1.82. The number of nitrogens with zero attached hydrogens (tertiary/aromatic N) is 5. The fourth-order valence-corrected chi connectivity index (χ4v) is 4.53. The molecule has 0 aromatic carbocycles. The number of hydrogen-bond donors (Lipinski definition) is 0. The lowest BCUT2D eigenvalue weighted by Gasteiger charge is -2.42. The van der Waals surface area contributed by atoms with Crippen molar-refractivity contribution in [2.24, 2.45) is 5.41 Å². The molecule has 3 heterocycles. The van der Waals surface area contributed by atoms with E-state index in [0.717, 1.165) is 24.6 Å². The maximum atomic E-state index is 13.0. The number of aryl methyl sites for hydroxylation is 1. The van der Waals surface area contributed by atoms with Crippen molar-refractivity contribution in [3.63, 3.8) is 0 Å². The monoisotopic (exact) mass is 337 g/mol. The van der Waals surface area contributed by atoms with E-state index in [0.29, 0.717) is 17.5 Å². The third kappa shape index (κ3) is 2.38. The van der Waals surface area contributed by atoms with Crippen LogP contribution in [0.2, 0.25) is 0 Å². The first-order valence-corrected chi connectivity index (χ1v) is 9.28. The summed E-state index contributed by atoms with van der Waals surface area (Å²) in [6.07, 6.45) is 9.65. The Labute approximate surface area is 147 Å². The second-order valence-electron chi connectivity index (χ2n) is 7.97. The van der Waals surface area contributed by atoms with Crippen LogP contribution in [0, 0.1) is 12.3 Å². The summed E-state index contributed by atoms with van der Waals surface area (Å²) in [5, 5.41) is 8.67. The van der Waals surface area contributed by atoms with Crippen LogP contribution >= 0.6 is 0 Å². The molecule has 0 N–H and O–H groups in total. The van der Waals surface area contributed by atoms with Crippen molar-refractivity contribution >= 4 is 5.91 Å². The largest absolute Gasteiger partial charge is 0.337 e. The van der Waals surface area contributed by atoms with Crippen LogP contribution in [-0.2, 0) is 0 Å². The van der Waals surface area contributed by atoms with Gasteiger partial charge in [0.1, 0.15) is 12.2 Å². The van der Waals surface area contributed by atoms with E-state index in [2.05, 4.69) is 19.7 Å². The van der Waals surface area contributed by atoms with Crippen LogP contribution in [0.5, 0.6) is 0 Å². The first-order valence-electron chi connectivity index (χ1n) is 9.28. The molecule has 6 nitrogen and oxygen atoms in total. The van der Waals surface area contributed by atoms with E-state index in [1.807, 2.05) is 30.3 Å². The highest BCUT2D eigenvalue weighted by Crippen LogP contribution is 2.56. The second kappa shape index (κ2) is 5.38. The molecule has 1 unspecified atom stereocenters. The average molecular weight is 337 g/mol. The van der Waals surface area contributed by atoms with E-state index in [-0.39, 0.29) is 11.3 Å². The van der Waals surface area contributed by atoms with E-state index < -0.39 is 0 Å². The third-order valence-corrected chi connectivity index (χ3v) is 6.30. The van der Waals surface area contributed by atoms with Crippen LogP contribution in [-0.4, -0.2) is 43.6 Å². The van der Waals surface area contributed by atoms with Gasteiger partial charge in [0.25, 0.3) is 5.91 Å². The first-order chi connectivity index (χ1) is 12.2. The minimum absolute atomic E-state index is 0.0961. The Balaban J connectivity index is 1.44. The lowest BCUT2D eigenvalue weighted by Crippen LogP contribution is -2.38. The molecular weight excluding hydrogens is 314 g/mol. The van der Waals surface area contributed by atoms with Gasteiger partial charge < -0.3 is 9.47 Å². The van der Waals surface area contributed by atoms with Crippen molar-refractivity contribution in [3.05, 3.63) is 41.7 Å². The lowest BCUT2D eigenvalue weighted by atomic mass is 9.62. The lowest BCUT2D eigenvalue weighted by molar-refractivity contribution is 0.0723. The van der Waals surface area contributed by atoms with Crippen molar-refractivity contribution in [1.82, 2.24) is 24.6 Å². The molecule has 1 amide bonds. The van der Waals surface area contributed by atoms with Crippen LogP contribution < -0.4 is 0 Å². The number of aromatic nitrogens is 4. The Hall–Kier alpha value is -2.24. The van der Waals surface area contributed by atoms with Gasteiger partial charge in [0.15, 0.2) is 0 Å². The number of rotatable bonds is 3. The van der Waals surface area contributed by atoms with Gasteiger partial charge in [-0.05, 0) is 50.2 Å². The van der Waals surface area contributed by atoms with Gasteiger partial charge >= 0.3 is 0 Å². The Bertz CT molecular complexity index is 803. The van der Waals surface area contributed by atoms with E-state index in [4.69, 9.17) is 0 Å². The molecule has 1 saturated heterocycles. The van der Waals surface area contributed by atoms with Crippen molar-refractivity contribution in [3.8, 4) is 0 Å². The summed E-state index contributed by atoms with van der Waals surface area (Å²) < 4.78 is 2.27. The molecule has 3 fully saturated rings. The molecule has 2 aliphatic carbocycles. The smallest absolute Gasteiger partial charge is 0.255 e. The highest BCUT2D eigenvalue weighted by atomic mass is 16.2. The molecule has 1 atom stereocenters. The summed E-state index contributed by atoms with van der Waals surface area (Å²) >= 11 is 0. The third-order valence-electron chi connectivity index (χ3n) is 6.30. The van der Waals surface area contributed by atoms with Crippen molar-refractivity contribution in [1.29, 1.82) is 0 Å². The zero-order chi connectivity index (χ0) is 17.0. The highest BCUT2D eigenvalue weighted by molar-refractivity contribution is 5.94. The highest BCUT2D eigenvalue weighted by Gasteiger charge is 2.54. The number of pyridine rings is 1. The van der Waals surface area contributed by atoms with Crippen molar-refractivity contribution in [2.75, 3.05) is 13.1 Å². The zero-order valence-corrected chi connectivity index (χ0v) is 14.6. The van der Waals surface area contributed by atoms with Crippen LogP contribution in [0.25, 0.3) is 0 Å². The Morgan fingerprint density at radius 2 is 2.12 bits per heavy atom. The van der Waals surface area contributed by atoms with Gasteiger partial charge in [0.2, 0.25) is 0 Å². The first kappa shape index (κ1) is 15.0. The second-order valence-corrected chi connectivity index (χ2v) is 7.97. The molecule has 2 saturated carbocycles. The number of hydrogen-bond acceptors (Lipinski definition) is 4. The zero-order valence-electron chi connectivity index (χ0n) is 14.6. The Morgan fingerprint density at radius 1 is 1.28 bits per heavy atom. The topological polar surface area (TPSA) is 63.9 Å². The van der Waals surface area contributed by atoms with Gasteiger partial charge in [-0.3, -0.25) is 9.78 Å². The van der Waals surface area contributed by atoms with Crippen molar-refractivity contribution < 1.29 is 4.79 Å². The van der Waals surface area contributed by atoms with E-state index >= 15 is 0 Å². The summed E-state index contributed by atoms with van der Waals surface area (Å²) in [6.45, 7) is 3.52. The average Bonchev–Trinajstić information content (AvgIpc) is 3.17. The molecule has 25 heavy (non-hydrogen) atoms. The van der Waals surface area contributed by atoms with Gasteiger partial charge in [-0.1, -0.05) is 6.42 Å². The van der Waals surface area contributed by atoms with Gasteiger partial charge in [0.05, 0.1) is 5.56 Å². The van der Waals surface area contributed by atoms with Gasteiger partial charge in [-0.2, -0.15) is 0 Å². The molecule has 1 aliphatic heterocycles. The molecule has 1 spiro atoms. The summed E-state index contributed by atoms with van der Waals surface area (Å²) in [6, 6.07) is 4.37. The van der Waals surface area contributed by atoms with E-state index in [9.17, 15) is 4.79 Å². The molecule has 0 radical (unpaired) electrons. The predicted octanol–water partition coefficient (Wildman–Crippen LogP) is 2.73. The fraction of sp³-hybridized carbons (Fsp3) is 0.579. The molecule has 2 aromatic rings. The molecule has 0 bridgehead atoms. The number of carbonyl (C=O) groups is 1. The quantitative estimate of drug-likeness (QED) is 0.864. The molecule has 3 aliphatic rings. The van der Waals surface area contributed by atoms with Crippen LogP contribution in [0.4, 0.5) is 0 Å². The SMILES string of the molecule is Cc1ccc(C(=O)N2CC(c3nncn3C3CC3)C3(CCC3)C2)cn1. The van der Waals surface area contributed by atoms with Gasteiger partial charge in [-0.25, -0.2) is 0 Å². The minimum atomic E-state index is 0.0961. The predicted molar refractivity (Wildman–Crippen MR) is 92.2 cm³/mol. The Kier molecular flexibility index (Phi) is 3.24. The summed E-state index contributed by atoms with van der Waals surface area (Å²) in [5.74, 6) is 1.50. The molecule has 130 valence electrons. The fourth-order valence-electron chi connectivity index (χ4n) is 4.53. The number of likely N-dealkylation sites (tertiary alicyclic amines) is 1. The van der Waals surface area contributed by atoms with E-state index in [1.54, 1.807) is 6.20 Å². The van der Waals surface area contributed by atoms with Crippen LogP contribution in [0.3, 0.4) is 0 Å². The van der Waals surface area contributed by atoms with Crippen molar-refractivity contribution in [2.45, 2.75) is 51.0 Å². The molecule has 5 rings (SSSR count). The molecule has 6 heteroatoms. The Morgan fingerprint density at radius 3 is 2.76 bits per heavy atom. The minimum Gasteiger partial charge on any atom is -0.337 e. The summed E-state index contributed by atoms with van der Waals surface area (Å²) in [4.78, 5) is 19.3. The van der Waals surface area contributed by atoms with Gasteiger partial charge in [-0.15, -0.1) is 10.2 Å². The summed E-state index contributed by atoms with van der Waals surface area (Å²) in [7, 11) is 0. The van der Waals surface area contributed by atoms with Crippen LogP contribution in [0.1, 0.15) is 65.9 Å². The normalized spacial score (nSPS) is 24.5. The number of amides is 1. The van der Waals surface area contributed by atoms with Gasteiger partial charge in [0, 0.05) is 36.9 Å². The maximum Gasteiger partial charge on any atom is 0.255 e. The molecular formula is C19H23N5O. The molecule has 2 aromatic heterocycles. The van der Waals surface area contributed by atoms with E-state index in [1.165, 1.54) is 32.1 Å². The standard InChI is InChI=1S/C19H23N5O/c1-13-3-4-14(9-20-13)18(25)23-10-16(19(11-23)7-2-8-19)17-22-21-12-24(17)15-5-6-15/h3-4,9,12,15-16H,2,5-8,10-11H2,1H3. The maximum absolute atomic E-state index is 13.0. The number of carbonyl (C=O) groups excluding carboxylic acids is 1. The van der Waals surface area contributed by atoms with Crippen LogP contribution in [0.15, 0.2) is 24.7 Å².